The second kappa shape index (κ2) is 5.71. The number of hydrogen-bond donors (Lipinski definition) is 1. The summed E-state index contributed by atoms with van der Waals surface area (Å²) in [5.74, 6) is 0.147. The Balaban J connectivity index is 1.46. The Morgan fingerprint density at radius 3 is 2.00 bits per heavy atom. The fourth-order valence-electron chi connectivity index (χ4n) is 2.66. The Morgan fingerprint density at radius 1 is 0.850 bits per heavy atom. The van der Waals surface area contributed by atoms with Crippen molar-refractivity contribution in [3.63, 3.8) is 0 Å². The molecule has 2 aromatic rings. The van der Waals surface area contributed by atoms with Crippen LogP contribution in [-0.4, -0.2) is 6.04 Å². The molecule has 3 rings (SSSR count). The quantitative estimate of drug-likeness (QED) is 0.887. The van der Waals surface area contributed by atoms with Crippen LogP contribution >= 0.6 is 0 Å². The molecule has 1 N–H and O–H groups in total. The molecule has 1 aliphatic carbocycles. The smallest absolute Gasteiger partial charge is 0.123 e. The van der Waals surface area contributed by atoms with Gasteiger partial charge in [-0.25, -0.2) is 8.78 Å². The molecule has 0 unspecified atom stereocenters. The average Bonchev–Trinajstić information content (AvgIpc) is 2.41. The first-order valence-corrected chi connectivity index (χ1v) is 6.94. The highest BCUT2D eigenvalue weighted by molar-refractivity contribution is 5.24. The molecule has 1 aliphatic rings. The van der Waals surface area contributed by atoms with Crippen LogP contribution in [0.4, 0.5) is 8.78 Å². The molecule has 3 heteroatoms. The Kier molecular flexibility index (Phi) is 3.79. The maximum atomic E-state index is 12.8. The predicted octanol–water partition coefficient (Wildman–Crippen LogP) is 4.00. The minimum absolute atomic E-state index is 0.181. The molecule has 0 aliphatic heterocycles. The van der Waals surface area contributed by atoms with Crippen molar-refractivity contribution >= 4 is 0 Å². The fourth-order valence-corrected chi connectivity index (χ4v) is 2.66. The van der Waals surface area contributed by atoms with Gasteiger partial charge in [0, 0.05) is 12.6 Å². The zero-order valence-electron chi connectivity index (χ0n) is 11.2. The second-order valence-corrected chi connectivity index (χ2v) is 5.42. The minimum Gasteiger partial charge on any atom is -0.310 e. The van der Waals surface area contributed by atoms with Crippen molar-refractivity contribution in [1.82, 2.24) is 5.32 Å². The van der Waals surface area contributed by atoms with Crippen LogP contribution in [0.2, 0.25) is 0 Å². The van der Waals surface area contributed by atoms with E-state index in [0.29, 0.717) is 12.0 Å². The molecular weight excluding hydrogens is 256 g/mol. The van der Waals surface area contributed by atoms with Gasteiger partial charge in [0.1, 0.15) is 11.6 Å². The maximum absolute atomic E-state index is 12.8. The van der Waals surface area contributed by atoms with Crippen molar-refractivity contribution in [2.45, 2.75) is 31.3 Å². The fraction of sp³-hybridized carbons (Fsp3) is 0.294. The lowest BCUT2D eigenvalue weighted by Crippen LogP contribution is -2.39. The van der Waals surface area contributed by atoms with E-state index < -0.39 is 0 Å². The van der Waals surface area contributed by atoms with Gasteiger partial charge < -0.3 is 5.32 Å². The van der Waals surface area contributed by atoms with Crippen LogP contribution in [0, 0.1) is 11.6 Å². The van der Waals surface area contributed by atoms with E-state index in [-0.39, 0.29) is 11.6 Å². The molecule has 1 saturated carbocycles. The molecule has 2 aromatic carbocycles. The summed E-state index contributed by atoms with van der Waals surface area (Å²) in [6.07, 6.45) is 2.15. The molecule has 0 aromatic heterocycles. The molecule has 0 radical (unpaired) electrons. The number of halogens is 2. The molecule has 0 atom stereocenters. The van der Waals surface area contributed by atoms with Crippen molar-refractivity contribution in [1.29, 1.82) is 0 Å². The highest BCUT2D eigenvalue weighted by Crippen LogP contribution is 2.36. The van der Waals surface area contributed by atoms with E-state index in [4.69, 9.17) is 0 Å². The summed E-state index contributed by atoms with van der Waals surface area (Å²) in [6, 6.07) is 13.9. The van der Waals surface area contributed by atoms with E-state index in [2.05, 4.69) is 5.32 Å². The van der Waals surface area contributed by atoms with Crippen LogP contribution < -0.4 is 5.32 Å². The van der Waals surface area contributed by atoms with Gasteiger partial charge in [-0.1, -0.05) is 24.3 Å². The van der Waals surface area contributed by atoms with Crippen LogP contribution in [0.25, 0.3) is 0 Å². The van der Waals surface area contributed by atoms with Crippen LogP contribution in [-0.2, 0) is 6.54 Å². The van der Waals surface area contributed by atoms with Gasteiger partial charge in [0.2, 0.25) is 0 Å². The lowest BCUT2D eigenvalue weighted by Gasteiger charge is -2.36. The standard InChI is InChI=1S/C17H17F2N/c18-15-5-1-12(2-6-15)11-20-17-9-14(10-17)13-3-7-16(19)8-4-13/h1-8,14,17,20H,9-11H2. The summed E-state index contributed by atoms with van der Waals surface area (Å²) in [4.78, 5) is 0. The molecule has 0 amide bonds. The predicted molar refractivity (Wildman–Crippen MR) is 75.4 cm³/mol. The van der Waals surface area contributed by atoms with Crippen molar-refractivity contribution in [2.75, 3.05) is 0 Å². The lowest BCUT2D eigenvalue weighted by molar-refractivity contribution is 0.289. The molecule has 0 saturated heterocycles. The molecule has 104 valence electrons. The van der Waals surface area contributed by atoms with E-state index in [1.165, 1.54) is 29.8 Å². The first-order valence-electron chi connectivity index (χ1n) is 6.94. The summed E-state index contributed by atoms with van der Waals surface area (Å²) in [5.41, 5.74) is 2.31. The molecule has 1 nitrogen and oxygen atoms in total. The zero-order chi connectivity index (χ0) is 13.9. The van der Waals surface area contributed by atoms with Gasteiger partial charge in [-0.05, 0) is 54.2 Å². The van der Waals surface area contributed by atoms with Gasteiger partial charge in [-0.2, -0.15) is 0 Å². The van der Waals surface area contributed by atoms with E-state index in [9.17, 15) is 8.78 Å². The highest BCUT2D eigenvalue weighted by Gasteiger charge is 2.29. The van der Waals surface area contributed by atoms with Crippen molar-refractivity contribution in [3.8, 4) is 0 Å². The Hall–Kier alpha value is -1.74. The van der Waals surface area contributed by atoms with Crippen molar-refractivity contribution < 1.29 is 8.78 Å². The lowest BCUT2D eigenvalue weighted by atomic mass is 9.76. The third-order valence-electron chi connectivity index (χ3n) is 3.99. The minimum atomic E-state index is -0.200. The first kappa shape index (κ1) is 13.3. The van der Waals surface area contributed by atoms with Crippen LogP contribution in [0.5, 0.6) is 0 Å². The van der Waals surface area contributed by atoms with Crippen LogP contribution in [0.1, 0.15) is 29.9 Å². The molecule has 20 heavy (non-hydrogen) atoms. The SMILES string of the molecule is Fc1ccc(CNC2CC(c3ccc(F)cc3)C2)cc1. The Labute approximate surface area is 117 Å². The van der Waals surface area contributed by atoms with Crippen molar-refractivity contribution in [2.24, 2.45) is 0 Å². The first-order chi connectivity index (χ1) is 9.70. The topological polar surface area (TPSA) is 12.0 Å². The van der Waals surface area contributed by atoms with E-state index >= 15 is 0 Å². The number of benzene rings is 2. The van der Waals surface area contributed by atoms with Crippen LogP contribution in [0.3, 0.4) is 0 Å². The Morgan fingerprint density at radius 2 is 1.40 bits per heavy atom. The van der Waals surface area contributed by atoms with Gasteiger partial charge >= 0.3 is 0 Å². The summed E-state index contributed by atoms with van der Waals surface area (Å²) >= 11 is 0. The van der Waals surface area contributed by atoms with E-state index in [1.54, 1.807) is 12.1 Å². The zero-order valence-corrected chi connectivity index (χ0v) is 11.2. The summed E-state index contributed by atoms with van der Waals surface area (Å²) in [7, 11) is 0. The number of rotatable bonds is 4. The van der Waals surface area contributed by atoms with Gasteiger partial charge in [-0.3, -0.25) is 0 Å². The van der Waals surface area contributed by atoms with Gasteiger partial charge in [0.25, 0.3) is 0 Å². The van der Waals surface area contributed by atoms with Gasteiger partial charge in [-0.15, -0.1) is 0 Å². The number of hydrogen-bond acceptors (Lipinski definition) is 1. The summed E-state index contributed by atoms with van der Waals surface area (Å²) < 4.78 is 25.6. The number of nitrogens with one attached hydrogen (secondary N) is 1. The van der Waals surface area contributed by atoms with Gasteiger partial charge in [0.05, 0.1) is 0 Å². The molecule has 1 fully saturated rings. The second-order valence-electron chi connectivity index (χ2n) is 5.42. The summed E-state index contributed by atoms with van der Waals surface area (Å²) in [6.45, 7) is 0.765. The van der Waals surface area contributed by atoms with E-state index in [1.807, 2.05) is 12.1 Å². The Bertz CT molecular complexity index is 554. The molecule has 0 bridgehead atoms. The molecule has 0 heterocycles. The summed E-state index contributed by atoms with van der Waals surface area (Å²) in [5, 5.41) is 3.47. The third-order valence-corrected chi connectivity index (χ3v) is 3.99. The largest absolute Gasteiger partial charge is 0.310 e. The normalized spacial score (nSPS) is 21.5. The third kappa shape index (κ3) is 3.05. The maximum Gasteiger partial charge on any atom is 0.123 e. The van der Waals surface area contributed by atoms with Gasteiger partial charge in [0.15, 0.2) is 0 Å². The van der Waals surface area contributed by atoms with Crippen molar-refractivity contribution in [3.05, 3.63) is 71.3 Å². The molecule has 0 spiro atoms. The monoisotopic (exact) mass is 273 g/mol. The molecular formula is C17H17F2N. The average molecular weight is 273 g/mol. The van der Waals surface area contributed by atoms with Crippen LogP contribution in [0.15, 0.2) is 48.5 Å². The highest BCUT2D eigenvalue weighted by atomic mass is 19.1. The van der Waals surface area contributed by atoms with E-state index in [0.717, 1.165) is 24.9 Å².